The predicted octanol–water partition coefficient (Wildman–Crippen LogP) is -0.385. The van der Waals surface area contributed by atoms with Crippen molar-refractivity contribution in [1.82, 2.24) is 0 Å². The van der Waals surface area contributed by atoms with E-state index in [-0.39, 0.29) is 5.76 Å². The zero-order valence-corrected chi connectivity index (χ0v) is 6.70. The minimum absolute atomic E-state index is 0.173. The maximum absolute atomic E-state index is 10.9. The molecule has 0 aromatic carbocycles. The van der Waals surface area contributed by atoms with Gasteiger partial charge in [-0.3, -0.25) is 0 Å². The fraction of sp³-hybridized carbons (Fsp3) is 0.429. The Bertz CT molecular complexity index is 242. The molecular formula is C7H8O5. The van der Waals surface area contributed by atoms with Crippen molar-refractivity contribution in [3.63, 3.8) is 0 Å². The second-order valence-electron chi connectivity index (χ2n) is 2.09. The molecule has 0 N–H and O–H groups in total. The van der Waals surface area contributed by atoms with Gasteiger partial charge in [-0.1, -0.05) is 0 Å². The molecule has 12 heavy (non-hydrogen) atoms. The first-order valence-corrected chi connectivity index (χ1v) is 3.23. The van der Waals surface area contributed by atoms with Crippen LogP contribution in [0.1, 0.15) is 0 Å². The van der Waals surface area contributed by atoms with Crippen molar-refractivity contribution in [2.45, 2.75) is 6.10 Å². The largest absolute Gasteiger partial charge is 0.496 e. The summed E-state index contributed by atoms with van der Waals surface area (Å²) in [7, 11) is 2.56. The Balaban J connectivity index is 2.75. The van der Waals surface area contributed by atoms with Gasteiger partial charge in [0.2, 0.25) is 0 Å². The van der Waals surface area contributed by atoms with Crippen LogP contribution >= 0.6 is 0 Å². The van der Waals surface area contributed by atoms with Gasteiger partial charge in [-0.05, 0) is 0 Å². The minimum Gasteiger partial charge on any atom is -0.496 e. The molecule has 0 aliphatic carbocycles. The van der Waals surface area contributed by atoms with Crippen LogP contribution in [-0.2, 0) is 23.8 Å². The van der Waals surface area contributed by atoms with Gasteiger partial charge in [0, 0.05) is 0 Å². The van der Waals surface area contributed by atoms with E-state index in [1.54, 1.807) is 0 Å². The van der Waals surface area contributed by atoms with Gasteiger partial charge < -0.3 is 14.2 Å². The lowest BCUT2D eigenvalue weighted by atomic mass is 10.3. The van der Waals surface area contributed by atoms with E-state index in [1.807, 2.05) is 0 Å². The van der Waals surface area contributed by atoms with Crippen LogP contribution in [0, 0.1) is 0 Å². The van der Waals surface area contributed by atoms with Crippen LogP contribution in [0.25, 0.3) is 0 Å². The first-order valence-electron chi connectivity index (χ1n) is 3.23. The molecule has 1 aliphatic heterocycles. The summed E-state index contributed by atoms with van der Waals surface area (Å²) in [5, 5.41) is 0. The van der Waals surface area contributed by atoms with Gasteiger partial charge in [0.1, 0.15) is 0 Å². The Labute approximate surface area is 68.9 Å². The van der Waals surface area contributed by atoms with Crippen molar-refractivity contribution in [2.24, 2.45) is 0 Å². The molecule has 1 rings (SSSR count). The highest BCUT2D eigenvalue weighted by Crippen LogP contribution is 2.16. The highest BCUT2D eigenvalue weighted by molar-refractivity contribution is 5.92. The van der Waals surface area contributed by atoms with Crippen LogP contribution < -0.4 is 0 Å². The fourth-order valence-electron chi connectivity index (χ4n) is 0.837. The summed E-state index contributed by atoms with van der Waals surface area (Å²) in [4.78, 5) is 21.6. The molecule has 0 radical (unpaired) electrons. The lowest BCUT2D eigenvalue weighted by Crippen LogP contribution is -2.25. The van der Waals surface area contributed by atoms with Gasteiger partial charge >= 0.3 is 11.9 Å². The molecule has 5 heteroatoms. The van der Waals surface area contributed by atoms with Gasteiger partial charge in [-0.25, -0.2) is 9.59 Å². The summed E-state index contributed by atoms with van der Waals surface area (Å²) in [6.45, 7) is 0. The Morgan fingerprint density at radius 1 is 1.58 bits per heavy atom. The van der Waals surface area contributed by atoms with Crippen molar-refractivity contribution >= 4 is 11.9 Å². The Hall–Kier alpha value is -1.52. The second-order valence-corrected chi connectivity index (χ2v) is 2.09. The van der Waals surface area contributed by atoms with E-state index in [9.17, 15) is 9.59 Å². The monoisotopic (exact) mass is 172 g/mol. The van der Waals surface area contributed by atoms with Crippen molar-refractivity contribution in [3.05, 3.63) is 11.8 Å². The van der Waals surface area contributed by atoms with E-state index in [1.165, 1.54) is 14.2 Å². The molecule has 1 unspecified atom stereocenters. The zero-order valence-electron chi connectivity index (χ0n) is 6.70. The summed E-state index contributed by atoms with van der Waals surface area (Å²) in [5.41, 5.74) is 0. The molecule has 0 saturated carbocycles. The van der Waals surface area contributed by atoms with Crippen molar-refractivity contribution in [3.8, 4) is 0 Å². The molecule has 1 atom stereocenters. The summed E-state index contributed by atoms with van der Waals surface area (Å²) >= 11 is 0. The third kappa shape index (κ3) is 1.39. The van der Waals surface area contributed by atoms with Crippen LogP contribution in [0.15, 0.2) is 11.8 Å². The summed E-state index contributed by atoms with van der Waals surface area (Å²) in [6.07, 6.45) is 0.0780. The molecule has 0 aromatic rings. The lowest BCUT2D eigenvalue weighted by molar-refractivity contribution is -0.159. The number of cyclic esters (lactones) is 1. The quantitative estimate of drug-likeness (QED) is 0.531. The predicted molar refractivity (Wildman–Crippen MR) is 37.0 cm³/mol. The van der Waals surface area contributed by atoms with Crippen molar-refractivity contribution in [2.75, 3.05) is 14.2 Å². The number of methoxy groups -OCH3 is 2. The van der Waals surface area contributed by atoms with Gasteiger partial charge in [-0.15, -0.1) is 0 Å². The molecular weight excluding hydrogens is 164 g/mol. The molecule has 0 saturated heterocycles. The smallest absolute Gasteiger partial charge is 0.355 e. The average molecular weight is 172 g/mol. The normalized spacial score (nSPS) is 21.3. The molecule has 0 bridgehead atoms. The van der Waals surface area contributed by atoms with E-state index in [0.29, 0.717) is 0 Å². The summed E-state index contributed by atoms with van der Waals surface area (Å²) < 4.78 is 13.7. The van der Waals surface area contributed by atoms with Crippen LogP contribution in [0.2, 0.25) is 0 Å². The van der Waals surface area contributed by atoms with Gasteiger partial charge in [-0.2, -0.15) is 0 Å². The van der Waals surface area contributed by atoms with E-state index in [4.69, 9.17) is 4.74 Å². The molecule has 1 heterocycles. The molecule has 0 amide bonds. The highest BCUT2D eigenvalue weighted by atomic mass is 16.6. The van der Waals surface area contributed by atoms with Crippen LogP contribution in [0.4, 0.5) is 0 Å². The zero-order chi connectivity index (χ0) is 9.14. The number of ether oxygens (including phenoxy) is 3. The number of carbonyl (C=O) groups is 2. The summed E-state index contributed by atoms with van der Waals surface area (Å²) in [6, 6.07) is 0. The molecule has 5 nitrogen and oxygen atoms in total. The highest BCUT2D eigenvalue weighted by Gasteiger charge is 2.34. The van der Waals surface area contributed by atoms with Crippen LogP contribution in [-0.4, -0.2) is 32.3 Å². The van der Waals surface area contributed by atoms with Gasteiger partial charge in [0.25, 0.3) is 6.10 Å². The standard InChI is InChI=1S/C7H8O5/c1-10-4-3-5(8)12-6(4)7(9)11-2/h3,6H,1-2H3. The fourth-order valence-corrected chi connectivity index (χ4v) is 0.837. The maximum Gasteiger partial charge on any atom is 0.355 e. The number of carbonyl (C=O) groups excluding carboxylic acids is 2. The minimum atomic E-state index is -1.03. The van der Waals surface area contributed by atoms with Crippen LogP contribution in [0.5, 0.6) is 0 Å². The Morgan fingerprint density at radius 2 is 2.25 bits per heavy atom. The first-order chi connectivity index (χ1) is 5.69. The number of hydrogen-bond donors (Lipinski definition) is 0. The molecule has 0 spiro atoms. The number of rotatable bonds is 2. The van der Waals surface area contributed by atoms with E-state index < -0.39 is 18.0 Å². The molecule has 66 valence electrons. The second kappa shape index (κ2) is 3.25. The lowest BCUT2D eigenvalue weighted by Gasteiger charge is -2.09. The third-order valence-electron chi connectivity index (χ3n) is 1.40. The van der Waals surface area contributed by atoms with Crippen LogP contribution in [0.3, 0.4) is 0 Å². The first kappa shape index (κ1) is 8.58. The van der Waals surface area contributed by atoms with Crippen molar-refractivity contribution in [1.29, 1.82) is 0 Å². The number of hydrogen-bond acceptors (Lipinski definition) is 5. The summed E-state index contributed by atoms with van der Waals surface area (Å²) in [5.74, 6) is -1.07. The third-order valence-corrected chi connectivity index (χ3v) is 1.40. The molecule has 0 aromatic heterocycles. The van der Waals surface area contributed by atoms with E-state index in [0.717, 1.165) is 6.08 Å². The molecule has 1 aliphatic rings. The topological polar surface area (TPSA) is 61.8 Å². The van der Waals surface area contributed by atoms with E-state index >= 15 is 0 Å². The molecule has 0 fully saturated rings. The Morgan fingerprint density at radius 3 is 2.75 bits per heavy atom. The average Bonchev–Trinajstić information content (AvgIpc) is 2.45. The number of esters is 2. The van der Waals surface area contributed by atoms with Gasteiger partial charge in [0.15, 0.2) is 5.76 Å². The van der Waals surface area contributed by atoms with Gasteiger partial charge in [0.05, 0.1) is 20.3 Å². The van der Waals surface area contributed by atoms with E-state index in [2.05, 4.69) is 9.47 Å². The maximum atomic E-state index is 10.9. The Kier molecular flexibility index (Phi) is 2.32. The SMILES string of the molecule is COC(=O)C1OC(=O)C=C1OC. The van der Waals surface area contributed by atoms with Crippen molar-refractivity contribution < 1.29 is 23.8 Å².